The van der Waals surface area contributed by atoms with Gasteiger partial charge in [0.25, 0.3) is 0 Å². The Morgan fingerprint density at radius 1 is 1.50 bits per heavy atom. The van der Waals surface area contributed by atoms with E-state index in [9.17, 15) is 14.4 Å². The van der Waals surface area contributed by atoms with E-state index in [0.29, 0.717) is 13.1 Å². The molecule has 2 unspecified atom stereocenters. The summed E-state index contributed by atoms with van der Waals surface area (Å²) in [4.78, 5) is 35.5. The zero-order chi connectivity index (χ0) is 13.1. The van der Waals surface area contributed by atoms with E-state index in [-0.39, 0.29) is 36.9 Å². The van der Waals surface area contributed by atoms with Crippen molar-refractivity contribution in [2.45, 2.75) is 25.3 Å². The van der Waals surface area contributed by atoms with E-state index in [2.05, 4.69) is 10.6 Å². The van der Waals surface area contributed by atoms with Gasteiger partial charge in [-0.1, -0.05) is 0 Å². The standard InChI is InChI=1S/C11H17N3O4/c15-9(16)3-4-12-11(18)14-5-1-2-7-8(14)6-13-10(7)17/h7-8H,1-6H2,(H,12,18)(H,13,17)(H,15,16). The largest absolute Gasteiger partial charge is 0.481 e. The Kier molecular flexibility index (Phi) is 3.69. The Balaban J connectivity index is 1.89. The van der Waals surface area contributed by atoms with Gasteiger partial charge in [-0.05, 0) is 12.8 Å². The van der Waals surface area contributed by atoms with Crippen molar-refractivity contribution in [3.05, 3.63) is 0 Å². The van der Waals surface area contributed by atoms with Crippen molar-refractivity contribution in [2.75, 3.05) is 19.6 Å². The summed E-state index contributed by atoms with van der Waals surface area (Å²) in [7, 11) is 0. The Morgan fingerprint density at radius 3 is 3.00 bits per heavy atom. The van der Waals surface area contributed by atoms with Crippen molar-refractivity contribution in [3.8, 4) is 0 Å². The van der Waals surface area contributed by atoms with Crippen LogP contribution in [0.2, 0.25) is 0 Å². The molecule has 2 saturated heterocycles. The predicted octanol–water partition coefficient (Wildman–Crippen LogP) is -0.619. The van der Waals surface area contributed by atoms with E-state index in [1.54, 1.807) is 4.90 Å². The molecule has 3 N–H and O–H groups in total. The normalized spacial score (nSPS) is 26.4. The molecule has 2 heterocycles. The van der Waals surface area contributed by atoms with Gasteiger partial charge in [0.2, 0.25) is 5.91 Å². The first-order valence-electron chi connectivity index (χ1n) is 6.13. The molecule has 0 spiro atoms. The molecule has 7 nitrogen and oxygen atoms in total. The highest BCUT2D eigenvalue weighted by atomic mass is 16.4. The van der Waals surface area contributed by atoms with Gasteiger partial charge in [0.1, 0.15) is 0 Å². The molecule has 2 aliphatic rings. The molecular weight excluding hydrogens is 238 g/mol. The second kappa shape index (κ2) is 5.24. The molecule has 0 bridgehead atoms. The third-order valence-corrected chi connectivity index (χ3v) is 3.48. The first kappa shape index (κ1) is 12.7. The second-order valence-electron chi connectivity index (χ2n) is 4.63. The number of fused-ring (bicyclic) bond motifs is 1. The van der Waals surface area contributed by atoms with Crippen LogP contribution in [0.5, 0.6) is 0 Å². The minimum absolute atomic E-state index is 0.0167. The fraction of sp³-hybridized carbons (Fsp3) is 0.727. The zero-order valence-electron chi connectivity index (χ0n) is 10.0. The summed E-state index contributed by atoms with van der Waals surface area (Å²) in [5.41, 5.74) is 0. The lowest BCUT2D eigenvalue weighted by molar-refractivity contribution is -0.136. The molecule has 0 aliphatic carbocycles. The molecular formula is C11H17N3O4. The lowest BCUT2D eigenvalue weighted by atomic mass is 9.92. The van der Waals surface area contributed by atoms with Gasteiger partial charge in [-0.25, -0.2) is 4.79 Å². The highest BCUT2D eigenvalue weighted by Gasteiger charge is 2.42. The maximum absolute atomic E-state index is 11.9. The molecule has 2 aliphatic heterocycles. The average Bonchev–Trinajstić information content (AvgIpc) is 2.71. The van der Waals surface area contributed by atoms with Crippen molar-refractivity contribution in [2.24, 2.45) is 5.92 Å². The number of nitrogens with one attached hydrogen (secondary N) is 2. The predicted molar refractivity (Wildman–Crippen MR) is 61.9 cm³/mol. The Hall–Kier alpha value is -1.79. The van der Waals surface area contributed by atoms with Crippen LogP contribution in [0.3, 0.4) is 0 Å². The molecule has 2 atom stereocenters. The lowest BCUT2D eigenvalue weighted by Crippen LogP contribution is -2.52. The van der Waals surface area contributed by atoms with Gasteiger partial charge in [-0.15, -0.1) is 0 Å². The van der Waals surface area contributed by atoms with Crippen LogP contribution < -0.4 is 10.6 Å². The minimum Gasteiger partial charge on any atom is -0.481 e. The van der Waals surface area contributed by atoms with Gasteiger partial charge in [0.05, 0.1) is 18.4 Å². The molecule has 3 amide bonds. The van der Waals surface area contributed by atoms with Gasteiger partial charge in [0, 0.05) is 19.6 Å². The van der Waals surface area contributed by atoms with E-state index in [4.69, 9.17) is 5.11 Å². The number of amides is 3. The fourth-order valence-electron chi connectivity index (χ4n) is 2.58. The van der Waals surface area contributed by atoms with Gasteiger partial charge >= 0.3 is 12.0 Å². The van der Waals surface area contributed by atoms with Crippen LogP contribution in [0.1, 0.15) is 19.3 Å². The van der Waals surface area contributed by atoms with E-state index >= 15 is 0 Å². The van der Waals surface area contributed by atoms with Crippen molar-refractivity contribution < 1.29 is 19.5 Å². The van der Waals surface area contributed by atoms with Gasteiger partial charge in [0.15, 0.2) is 0 Å². The van der Waals surface area contributed by atoms with E-state index in [1.165, 1.54) is 0 Å². The number of hydrogen-bond acceptors (Lipinski definition) is 3. The van der Waals surface area contributed by atoms with Crippen LogP contribution in [0.4, 0.5) is 4.79 Å². The summed E-state index contributed by atoms with van der Waals surface area (Å²) < 4.78 is 0. The van der Waals surface area contributed by atoms with Crippen molar-refractivity contribution in [1.29, 1.82) is 0 Å². The number of carbonyl (C=O) groups excluding carboxylic acids is 2. The van der Waals surface area contributed by atoms with Gasteiger partial charge in [-0.2, -0.15) is 0 Å². The number of carboxylic acid groups (broad SMARTS) is 1. The van der Waals surface area contributed by atoms with E-state index in [1.807, 2.05) is 0 Å². The maximum Gasteiger partial charge on any atom is 0.317 e. The Morgan fingerprint density at radius 2 is 2.28 bits per heavy atom. The summed E-state index contributed by atoms with van der Waals surface area (Å²) in [6, 6.07) is -0.362. The molecule has 18 heavy (non-hydrogen) atoms. The number of likely N-dealkylation sites (tertiary alicyclic amines) is 1. The van der Waals surface area contributed by atoms with Gasteiger partial charge in [-0.3, -0.25) is 9.59 Å². The molecule has 100 valence electrons. The molecule has 0 radical (unpaired) electrons. The van der Waals surface area contributed by atoms with Gasteiger partial charge < -0.3 is 20.6 Å². The maximum atomic E-state index is 11.9. The van der Waals surface area contributed by atoms with Crippen LogP contribution in [0.15, 0.2) is 0 Å². The van der Waals surface area contributed by atoms with Crippen LogP contribution in [0, 0.1) is 5.92 Å². The third kappa shape index (κ3) is 2.55. The number of hydrogen-bond donors (Lipinski definition) is 3. The molecule has 0 aromatic rings. The zero-order valence-corrected chi connectivity index (χ0v) is 10.0. The fourth-order valence-corrected chi connectivity index (χ4v) is 2.58. The van der Waals surface area contributed by atoms with Crippen molar-refractivity contribution in [3.63, 3.8) is 0 Å². The summed E-state index contributed by atoms with van der Waals surface area (Å²) in [6.07, 6.45) is 1.53. The molecule has 2 fully saturated rings. The summed E-state index contributed by atoms with van der Waals surface area (Å²) in [5.74, 6) is -1.03. The monoisotopic (exact) mass is 255 g/mol. The lowest BCUT2D eigenvalue weighted by Gasteiger charge is -2.35. The van der Waals surface area contributed by atoms with Crippen LogP contribution >= 0.6 is 0 Å². The molecule has 2 rings (SSSR count). The third-order valence-electron chi connectivity index (χ3n) is 3.48. The SMILES string of the molecule is O=C(O)CCNC(=O)N1CCCC2C(=O)NCC21. The van der Waals surface area contributed by atoms with Crippen LogP contribution in [-0.4, -0.2) is 53.6 Å². The van der Waals surface area contributed by atoms with E-state index in [0.717, 1.165) is 12.8 Å². The number of urea groups is 1. The van der Waals surface area contributed by atoms with Crippen molar-refractivity contribution >= 4 is 17.9 Å². The number of carboxylic acids is 1. The Bertz CT molecular complexity index is 371. The van der Waals surface area contributed by atoms with E-state index < -0.39 is 5.97 Å². The number of carbonyl (C=O) groups is 3. The van der Waals surface area contributed by atoms with Crippen molar-refractivity contribution in [1.82, 2.24) is 15.5 Å². The highest BCUT2D eigenvalue weighted by molar-refractivity contribution is 5.84. The quantitative estimate of drug-likeness (QED) is 0.626. The smallest absolute Gasteiger partial charge is 0.317 e. The molecule has 0 aromatic heterocycles. The topological polar surface area (TPSA) is 98.7 Å². The van der Waals surface area contributed by atoms with Crippen LogP contribution in [-0.2, 0) is 9.59 Å². The number of nitrogens with zero attached hydrogens (tertiary/aromatic N) is 1. The molecule has 0 aromatic carbocycles. The molecule has 0 saturated carbocycles. The average molecular weight is 255 g/mol. The number of piperidine rings is 1. The van der Waals surface area contributed by atoms with Crippen LogP contribution in [0.25, 0.3) is 0 Å². The summed E-state index contributed by atoms with van der Waals surface area (Å²) in [5, 5.41) is 13.8. The summed E-state index contributed by atoms with van der Waals surface area (Å²) >= 11 is 0. The first-order valence-corrected chi connectivity index (χ1v) is 6.13. The Labute approximate surface area is 105 Å². The first-order chi connectivity index (χ1) is 8.59. The minimum atomic E-state index is -0.940. The number of rotatable bonds is 3. The second-order valence-corrected chi connectivity index (χ2v) is 4.63. The molecule has 7 heteroatoms. The summed E-state index contributed by atoms with van der Waals surface area (Å²) in [6.45, 7) is 1.23. The highest BCUT2D eigenvalue weighted by Crippen LogP contribution is 2.27. The number of aliphatic carboxylic acids is 1.